The van der Waals surface area contributed by atoms with Gasteiger partial charge in [-0.3, -0.25) is 14.3 Å². The number of nitrogens with zero attached hydrogens (tertiary/aromatic N) is 2. The molecule has 0 N–H and O–H groups in total. The fourth-order valence-corrected chi connectivity index (χ4v) is 4.02. The van der Waals surface area contributed by atoms with E-state index in [1.165, 1.54) is 0 Å². The highest BCUT2D eigenvalue weighted by Crippen LogP contribution is 2.51. The number of alkyl halides is 10. The third-order valence-electron chi connectivity index (χ3n) is 6.64. The molecule has 1 unspecified atom stereocenters. The van der Waals surface area contributed by atoms with Crippen LogP contribution in [0.4, 0.5) is 43.9 Å². The van der Waals surface area contributed by atoms with Crippen LogP contribution in [-0.4, -0.2) is 77.8 Å². The highest BCUT2D eigenvalue weighted by atomic mass is 19.4. The molecular formula is C27H44F10N2O3. The molecule has 0 aliphatic heterocycles. The lowest BCUT2D eigenvalue weighted by Gasteiger charge is -2.38. The van der Waals surface area contributed by atoms with Crippen molar-refractivity contribution in [3.8, 4) is 0 Å². The van der Waals surface area contributed by atoms with Gasteiger partial charge < -0.3 is 9.80 Å². The Morgan fingerprint density at radius 2 is 0.833 bits per heavy atom. The molecule has 0 spiro atoms. The van der Waals surface area contributed by atoms with Crippen molar-refractivity contribution in [1.29, 1.82) is 0 Å². The molecule has 0 bridgehead atoms. The second kappa shape index (κ2) is 17.5. The van der Waals surface area contributed by atoms with E-state index in [-0.39, 0.29) is 35.5 Å². The van der Waals surface area contributed by atoms with E-state index in [9.17, 15) is 49.1 Å². The predicted molar refractivity (Wildman–Crippen MR) is 137 cm³/mol. The fraction of sp³-hybridized carbons (Fsp3) is 0.926. The highest BCUT2D eigenvalue weighted by molar-refractivity contribution is 5.85. The lowest BCUT2D eigenvalue weighted by atomic mass is 10.1. The Labute approximate surface area is 241 Å². The second-order valence-electron chi connectivity index (χ2n) is 10.3. The topological polar surface area (TPSA) is 49.9 Å². The Balaban J connectivity index is 6.42. The molecule has 2 amide bonds. The summed E-state index contributed by atoms with van der Waals surface area (Å²) in [6.07, 6.45) is -9.90. The van der Waals surface area contributed by atoms with Crippen LogP contribution in [0.25, 0.3) is 0 Å². The molecule has 1 atom stereocenters. The number of carbonyl (C=O) groups excluding carboxylic acids is 2. The van der Waals surface area contributed by atoms with Crippen molar-refractivity contribution in [2.24, 2.45) is 0 Å². The minimum atomic E-state index is -6.97. The first kappa shape index (κ1) is 40.2. The number of ether oxygens (including phenoxy) is 1. The van der Waals surface area contributed by atoms with Crippen molar-refractivity contribution in [1.82, 2.24) is 9.80 Å². The zero-order chi connectivity index (χ0) is 32.8. The van der Waals surface area contributed by atoms with Crippen molar-refractivity contribution in [2.75, 3.05) is 26.2 Å². The molecule has 15 heteroatoms. The van der Waals surface area contributed by atoms with Crippen LogP contribution in [0, 0.1) is 0 Å². The Hall–Kier alpha value is -1.80. The maximum Gasteiger partial charge on any atom is 0.458 e. The summed E-state index contributed by atoms with van der Waals surface area (Å²) in [6.45, 7) is 4.69. The minimum absolute atomic E-state index is 0.0212. The van der Waals surface area contributed by atoms with Gasteiger partial charge in [0, 0.05) is 26.2 Å². The largest absolute Gasteiger partial charge is 0.458 e. The summed E-state index contributed by atoms with van der Waals surface area (Å²) in [5, 5.41) is 0. The van der Waals surface area contributed by atoms with E-state index in [2.05, 4.69) is 4.74 Å². The first-order chi connectivity index (χ1) is 19.3. The molecule has 0 fully saturated rings. The van der Waals surface area contributed by atoms with E-state index >= 15 is 4.39 Å². The van der Waals surface area contributed by atoms with Gasteiger partial charge >= 0.3 is 30.0 Å². The zero-order valence-corrected chi connectivity index (χ0v) is 24.7. The van der Waals surface area contributed by atoms with Crippen molar-refractivity contribution in [2.45, 2.75) is 135 Å². The Bertz CT molecular complexity index is 792. The van der Waals surface area contributed by atoms with E-state index < -0.39 is 68.0 Å². The molecule has 0 aromatic heterocycles. The maximum atomic E-state index is 15.3. The predicted octanol–water partition coefficient (Wildman–Crippen LogP) is 8.51. The van der Waals surface area contributed by atoms with Crippen molar-refractivity contribution in [3.05, 3.63) is 0 Å². The summed E-state index contributed by atoms with van der Waals surface area (Å²) in [5.41, 5.74) is 0. The third-order valence-corrected chi connectivity index (χ3v) is 6.64. The summed E-state index contributed by atoms with van der Waals surface area (Å²) in [6, 6.07) is 0. The molecular weight excluding hydrogens is 590 g/mol. The van der Waals surface area contributed by atoms with E-state index in [0.29, 0.717) is 51.4 Å². The van der Waals surface area contributed by atoms with Crippen LogP contribution in [0.2, 0.25) is 0 Å². The fourth-order valence-electron chi connectivity index (χ4n) is 4.02. The van der Waals surface area contributed by atoms with Crippen LogP contribution in [0.3, 0.4) is 0 Å². The number of unbranched alkanes of at least 4 members (excludes halogenated alkanes) is 8. The Morgan fingerprint density at radius 3 is 1.12 bits per heavy atom. The standard InChI is InChI=1S/C27H44F10N2O3/c1-5-9-13-17-38(18-14-10-6-2)21(40)23(28,29)25(31,32)27(36,37)42-24(30,26(33,34)35)22(41)39(19-15-11-7-3)20-16-12-8-4/h5-20H2,1-4H3. The van der Waals surface area contributed by atoms with Crippen LogP contribution in [-0.2, 0) is 14.3 Å². The van der Waals surface area contributed by atoms with Crippen LogP contribution in [0.15, 0.2) is 0 Å². The SMILES string of the molecule is CCCCCN(CCCCC)C(=O)C(F)(F)C(F)(F)C(F)(F)OC(F)(C(=O)N(CCCCC)CCCCC)C(F)(F)F. The molecule has 0 heterocycles. The summed E-state index contributed by atoms with van der Waals surface area (Å²) in [5.74, 6) is -24.9. The highest BCUT2D eigenvalue weighted by Gasteiger charge is 2.81. The number of carbonyl (C=O) groups is 2. The summed E-state index contributed by atoms with van der Waals surface area (Å²) in [7, 11) is 0. The number of amides is 2. The summed E-state index contributed by atoms with van der Waals surface area (Å²) >= 11 is 0. The lowest BCUT2D eigenvalue weighted by Crippen LogP contribution is -2.67. The first-order valence-corrected chi connectivity index (χ1v) is 14.5. The summed E-state index contributed by atoms with van der Waals surface area (Å²) in [4.78, 5) is 25.6. The molecule has 0 aromatic rings. The van der Waals surface area contributed by atoms with Gasteiger partial charge in [0.1, 0.15) is 0 Å². The first-order valence-electron chi connectivity index (χ1n) is 14.5. The Kier molecular flexibility index (Phi) is 16.7. The van der Waals surface area contributed by atoms with Gasteiger partial charge in [0.05, 0.1) is 0 Å². The van der Waals surface area contributed by atoms with Crippen LogP contribution >= 0.6 is 0 Å². The van der Waals surface area contributed by atoms with Gasteiger partial charge in [0.15, 0.2) is 0 Å². The molecule has 5 nitrogen and oxygen atoms in total. The van der Waals surface area contributed by atoms with E-state index in [1.807, 2.05) is 0 Å². The van der Waals surface area contributed by atoms with E-state index in [0.717, 1.165) is 0 Å². The van der Waals surface area contributed by atoms with Gasteiger partial charge in [-0.15, -0.1) is 0 Å². The smallest absolute Gasteiger partial charge is 0.337 e. The number of halogens is 10. The zero-order valence-electron chi connectivity index (χ0n) is 24.7. The third kappa shape index (κ3) is 10.4. The minimum Gasteiger partial charge on any atom is -0.337 e. The molecule has 250 valence electrons. The molecule has 42 heavy (non-hydrogen) atoms. The van der Waals surface area contributed by atoms with Crippen molar-refractivity contribution >= 4 is 11.8 Å². The van der Waals surface area contributed by atoms with Crippen LogP contribution < -0.4 is 0 Å². The van der Waals surface area contributed by atoms with Gasteiger partial charge in [-0.05, 0) is 25.7 Å². The van der Waals surface area contributed by atoms with Gasteiger partial charge in [-0.25, -0.2) is 0 Å². The lowest BCUT2D eigenvalue weighted by molar-refractivity contribution is -0.456. The molecule has 0 aromatic carbocycles. The summed E-state index contributed by atoms with van der Waals surface area (Å²) < 4.78 is 148. The second-order valence-corrected chi connectivity index (χ2v) is 10.3. The normalized spacial score (nSPS) is 14.5. The van der Waals surface area contributed by atoms with Gasteiger partial charge in [-0.2, -0.15) is 43.9 Å². The molecule has 0 radical (unpaired) electrons. The molecule has 0 rings (SSSR count). The van der Waals surface area contributed by atoms with Crippen LogP contribution in [0.1, 0.15) is 105 Å². The molecule has 0 saturated heterocycles. The van der Waals surface area contributed by atoms with E-state index in [1.54, 1.807) is 27.7 Å². The average Bonchev–Trinajstić information content (AvgIpc) is 2.89. The van der Waals surface area contributed by atoms with Gasteiger partial charge in [0.2, 0.25) is 0 Å². The number of hydrogen-bond donors (Lipinski definition) is 0. The van der Waals surface area contributed by atoms with Gasteiger partial charge in [0.25, 0.3) is 11.8 Å². The van der Waals surface area contributed by atoms with Crippen molar-refractivity contribution < 1.29 is 58.2 Å². The molecule has 0 aliphatic carbocycles. The maximum absolute atomic E-state index is 15.3. The van der Waals surface area contributed by atoms with Crippen LogP contribution in [0.5, 0.6) is 0 Å². The number of hydrogen-bond acceptors (Lipinski definition) is 3. The molecule has 0 saturated carbocycles. The Morgan fingerprint density at radius 1 is 0.524 bits per heavy atom. The van der Waals surface area contributed by atoms with E-state index in [4.69, 9.17) is 0 Å². The average molecular weight is 635 g/mol. The monoisotopic (exact) mass is 634 g/mol. The quantitative estimate of drug-likeness (QED) is 0.0887. The molecule has 0 aliphatic rings. The van der Waals surface area contributed by atoms with Crippen molar-refractivity contribution in [3.63, 3.8) is 0 Å². The van der Waals surface area contributed by atoms with Gasteiger partial charge in [-0.1, -0.05) is 79.1 Å². The number of rotatable bonds is 22.